The highest BCUT2D eigenvalue weighted by Gasteiger charge is 2.26. The van der Waals surface area contributed by atoms with Gasteiger partial charge in [-0.25, -0.2) is 4.98 Å². The van der Waals surface area contributed by atoms with Gasteiger partial charge in [0.1, 0.15) is 5.65 Å². The lowest BCUT2D eigenvalue weighted by molar-refractivity contribution is 1.18. The van der Waals surface area contributed by atoms with Crippen molar-refractivity contribution in [3.05, 3.63) is 182 Å². The summed E-state index contributed by atoms with van der Waals surface area (Å²) in [4.78, 5) is 5.80. The smallest absolute Gasteiger partial charge is 0.146 e. The lowest BCUT2D eigenvalue weighted by Gasteiger charge is -2.09. The van der Waals surface area contributed by atoms with Crippen molar-refractivity contribution < 1.29 is 0 Å². The van der Waals surface area contributed by atoms with Gasteiger partial charge in [-0.1, -0.05) is 140 Å². The van der Waals surface area contributed by atoms with Gasteiger partial charge in [-0.2, -0.15) is 0 Å². The fourth-order valence-corrected chi connectivity index (χ4v) is 11.1. The molecule has 0 aliphatic carbocycles. The lowest BCUT2D eigenvalue weighted by Crippen LogP contribution is -1.93. The summed E-state index contributed by atoms with van der Waals surface area (Å²) in [5, 5.41) is 16.2. The Morgan fingerprint density at radius 2 is 1.02 bits per heavy atom. The first kappa shape index (κ1) is 30.2. The van der Waals surface area contributed by atoms with Gasteiger partial charge in [-0.3, -0.25) is 4.40 Å². The van der Waals surface area contributed by atoms with Crippen LogP contribution in [0.15, 0.2) is 182 Å². The molecular formula is C55H30N4. The van der Waals surface area contributed by atoms with Gasteiger partial charge in [0, 0.05) is 65.1 Å². The molecular weight excluding hydrogens is 717 g/mol. The maximum atomic E-state index is 5.80. The van der Waals surface area contributed by atoms with E-state index < -0.39 is 0 Å². The van der Waals surface area contributed by atoms with Crippen molar-refractivity contribution in [3.63, 3.8) is 0 Å². The van der Waals surface area contributed by atoms with Crippen molar-refractivity contribution in [1.29, 1.82) is 0 Å². The summed E-state index contributed by atoms with van der Waals surface area (Å²) in [5.41, 5.74) is 14.1. The molecule has 0 amide bonds. The van der Waals surface area contributed by atoms with E-state index in [1.165, 1.54) is 114 Å². The number of nitrogens with zero attached hydrogens (tertiary/aromatic N) is 4. The number of para-hydroxylation sites is 4. The molecule has 0 spiro atoms. The van der Waals surface area contributed by atoms with E-state index in [9.17, 15) is 0 Å². The molecule has 6 heterocycles. The van der Waals surface area contributed by atoms with Gasteiger partial charge < -0.3 is 8.97 Å². The monoisotopic (exact) mass is 746 g/mol. The second-order valence-corrected chi connectivity index (χ2v) is 16.3. The Morgan fingerprint density at radius 3 is 1.92 bits per heavy atom. The van der Waals surface area contributed by atoms with E-state index in [2.05, 4.69) is 195 Å². The van der Waals surface area contributed by atoms with Gasteiger partial charge in [0.25, 0.3) is 0 Å². The van der Waals surface area contributed by atoms with E-state index in [4.69, 9.17) is 4.98 Å². The van der Waals surface area contributed by atoms with E-state index in [1.807, 2.05) is 0 Å². The van der Waals surface area contributed by atoms with Crippen LogP contribution in [0.5, 0.6) is 0 Å². The van der Waals surface area contributed by atoms with Crippen LogP contribution in [0.1, 0.15) is 0 Å². The fourth-order valence-electron chi connectivity index (χ4n) is 11.1. The number of benzene rings is 9. The molecule has 0 bridgehead atoms. The SMILES string of the molecule is c1ccc(-n2c3ccccc3c3cc(-c4cccc5c6cc7ccccc7c7c8cc9c(nc8n(c45)c67)c4cccc5c6ccc7ccccc7c6n9c54)ccc32)cc1. The minimum atomic E-state index is 1.00. The Labute approximate surface area is 335 Å². The van der Waals surface area contributed by atoms with Crippen molar-refractivity contribution in [2.24, 2.45) is 0 Å². The van der Waals surface area contributed by atoms with Gasteiger partial charge in [0.15, 0.2) is 0 Å². The normalized spacial score (nSPS) is 12.7. The molecule has 0 aliphatic heterocycles. The van der Waals surface area contributed by atoms with Gasteiger partial charge in [0.05, 0.1) is 44.1 Å². The van der Waals surface area contributed by atoms with Crippen molar-refractivity contribution >= 4 is 120 Å². The lowest BCUT2D eigenvalue weighted by atomic mass is 9.98. The van der Waals surface area contributed by atoms with Gasteiger partial charge in [0.2, 0.25) is 0 Å². The Kier molecular flexibility index (Phi) is 5.38. The molecule has 4 nitrogen and oxygen atoms in total. The molecule has 15 aromatic rings. The number of pyridine rings is 1. The summed E-state index contributed by atoms with van der Waals surface area (Å²) in [6.07, 6.45) is 0. The topological polar surface area (TPSA) is 26.6 Å². The maximum absolute atomic E-state index is 5.80. The first-order valence-electron chi connectivity index (χ1n) is 20.4. The van der Waals surface area contributed by atoms with Gasteiger partial charge >= 0.3 is 0 Å². The van der Waals surface area contributed by atoms with Crippen LogP contribution in [0.4, 0.5) is 0 Å². The summed E-state index contributed by atoms with van der Waals surface area (Å²) in [6, 6.07) is 67.2. The molecule has 0 radical (unpaired) electrons. The third-order valence-electron chi connectivity index (χ3n) is 13.4. The zero-order valence-corrected chi connectivity index (χ0v) is 31.6. The second-order valence-electron chi connectivity index (χ2n) is 16.3. The highest BCUT2D eigenvalue weighted by molar-refractivity contribution is 6.34. The quantitative estimate of drug-likeness (QED) is 0.173. The molecule has 0 saturated heterocycles. The molecule has 9 aromatic carbocycles. The van der Waals surface area contributed by atoms with Gasteiger partial charge in [-0.05, 0) is 64.2 Å². The van der Waals surface area contributed by atoms with E-state index >= 15 is 0 Å². The van der Waals surface area contributed by atoms with Gasteiger partial charge in [-0.15, -0.1) is 0 Å². The van der Waals surface area contributed by atoms with Crippen LogP contribution in [-0.2, 0) is 0 Å². The Morgan fingerprint density at radius 1 is 0.339 bits per heavy atom. The summed E-state index contributed by atoms with van der Waals surface area (Å²) in [5.74, 6) is 0. The Balaban J connectivity index is 1.11. The van der Waals surface area contributed by atoms with Crippen LogP contribution in [0, 0.1) is 0 Å². The first-order valence-corrected chi connectivity index (χ1v) is 20.4. The number of fused-ring (bicyclic) bond motifs is 19. The van der Waals surface area contributed by atoms with Crippen molar-refractivity contribution in [2.75, 3.05) is 0 Å². The Hall–Kier alpha value is -7.95. The third-order valence-corrected chi connectivity index (χ3v) is 13.4. The molecule has 0 aliphatic rings. The summed E-state index contributed by atoms with van der Waals surface area (Å²) >= 11 is 0. The summed E-state index contributed by atoms with van der Waals surface area (Å²) < 4.78 is 7.39. The number of rotatable bonds is 2. The van der Waals surface area contributed by atoms with Crippen molar-refractivity contribution in [3.8, 4) is 16.8 Å². The van der Waals surface area contributed by atoms with Crippen LogP contribution in [0.25, 0.3) is 137 Å². The molecule has 15 rings (SSSR count). The molecule has 0 atom stereocenters. The molecule has 0 N–H and O–H groups in total. The zero-order chi connectivity index (χ0) is 38.1. The molecule has 4 heteroatoms. The summed E-state index contributed by atoms with van der Waals surface area (Å²) in [6.45, 7) is 0. The average Bonchev–Trinajstić information content (AvgIpc) is 4.08. The third kappa shape index (κ3) is 3.60. The molecule has 59 heavy (non-hydrogen) atoms. The first-order chi connectivity index (χ1) is 29.3. The average molecular weight is 747 g/mol. The van der Waals surface area contributed by atoms with Crippen molar-refractivity contribution in [2.45, 2.75) is 0 Å². The largest absolute Gasteiger partial charge is 0.309 e. The number of hydrogen-bond donors (Lipinski definition) is 0. The number of aromatic nitrogens is 4. The van der Waals surface area contributed by atoms with Crippen molar-refractivity contribution in [1.82, 2.24) is 18.4 Å². The molecule has 6 aromatic heterocycles. The predicted molar refractivity (Wildman–Crippen MR) is 248 cm³/mol. The fraction of sp³-hybridized carbons (Fsp3) is 0. The molecule has 0 saturated carbocycles. The summed E-state index contributed by atoms with van der Waals surface area (Å²) in [7, 11) is 0. The molecule has 270 valence electrons. The van der Waals surface area contributed by atoms with Crippen LogP contribution >= 0.6 is 0 Å². The minimum absolute atomic E-state index is 1.00. The highest BCUT2D eigenvalue weighted by atomic mass is 15.0. The van der Waals surface area contributed by atoms with Crippen LogP contribution in [-0.4, -0.2) is 18.4 Å². The maximum Gasteiger partial charge on any atom is 0.146 e. The van der Waals surface area contributed by atoms with Crippen LogP contribution in [0.3, 0.4) is 0 Å². The zero-order valence-electron chi connectivity index (χ0n) is 31.6. The minimum Gasteiger partial charge on any atom is -0.309 e. The van der Waals surface area contributed by atoms with E-state index in [-0.39, 0.29) is 0 Å². The van der Waals surface area contributed by atoms with Crippen LogP contribution < -0.4 is 0 Å². The Bertz CT molecular complexity index is 4300. The van der Waals surface area contributed by atoms with E-state index in [1.54, 1.807) is 0 Å². The standard InChI is InChI=1S/C55H30N4/c1-2-14-34(15-3-1)57-46-23-9-8-18-38(46)43-28-33(25-27-47(43)57)37-19-10-21-40-44-29-32-13-5-6-16-35(32)49-45-30-48-50(56-55(45)59(52(37)40)54(44)49)42-22-11-20-39-41-26-24-31-12-4-7-17-36(31)51(41)58(48)53(39)42/h1-30H. The molecule has 0 unspecified atom stereocenters. The van der Waals surface area contributed by atoms with Crippen LogP contribution in [0.2, 0.25) is 0 Å². The highest BCUT2D eigenvalue weighted by Crippen LogP contribution is 2.48. The molecule has 0 fully saturated rings. The van der Waals surface area contributed by atoms with E-state index in [0.29, 0.717) is 0 Å². The van der Waals surface area contributed by atoms with E-state index in [0.717, 1.165) is 22.4 Å². The predicted octanol–water partition coefficient (Wildman–Crippen LogP) is 14.5. The number of hydrogen-bond acceptors (Lipinski definition) is 1. The second kappa shape index (κ2) is 10.5.